The molecule has 3 rings (SSSR count). The van der Waals surface area contributed by atoms with Crippen LogP contribution in [0.5, 0.6) is 5.75 Å². The van der Waals surface area contributed by atoms with Gasteiger partial charge in [0.25, 0.3) is 0 Å². The number of likely N-dealkylation sites (N-methyl/N-ethyl adjacent to an activating group) is 2. The minimum Gasteiger partial charge on any atom is -0.508 e. The Kier molecular flexibility index (Phi) is 4.84. The second-order valence-corrected chi connectivity index (χ2v) is 7.69. The minimum atomic E-state index is -0.932. The number of urea groups is 1. The molecular formula is C19H27N3O4. The van der Waals surface area contributed by atoms with Gasteiger partial charge >= 0.3 is 12.0 Å². The van der Waals surface area contributed by atoms with Gasteiger partial charge < -0.3 is 25.3 Å². The number of amides is 2. The monoisotopic (exact) mass is 361 g/mol. The van der Waals surface area contributed by atoms with E-state index >= 15 is 0 Å². The Morgan fingerprint density at radius 2 is 2.15 bits per heavy atom. The number of benzene rings is 1. The third kappa shape index (κ3) is 3.11. The first-order valence-corrected chi connectivity index (χ1v) is 8.99. The number of phenolic OH excluding ortho intramolecular Hbond substituents is 1. The highest BCUT2D eigenvalue weighted by molar-refractivity contribution is 5.76. The molecule has 1 saturated heterocycles. The SMILES string of the molecule is CN1CC[C@]2(C)c3cc(O)ccc3CC1[C@@H]2N(C)C(=O)NCCC(=O)O. The van der Waals surface area contributed by atoms with E-state index in [1.807, 2.05) is 12.1 Å². The second kappa shape index (κ2) is 6.79. The van der Waals surface area contributed by atoms with Crippen molar-refractivity contribution in [3.8, 4) is 5.75 Å². The molecule has 142 valence electrons. The van der Waals surface area contributed by atoms with Crippen LogP contribution in [0.4, 0.5) is 4.79 Å². The fraction of sp³-hybridized carbons (Fsp3) is 0.579. The zero-order chi connectivity index (χ0) is 19.1. The topological polar surface area (TPSA) is 93.1 Å². The molecule has 1 aliphatic heterocycles. The lowest BCUT2D eigenvalue weighted by molar-refractivity contribution is -0.136. The summed E-state index contributed by atoms with van der Waals surface area (Å²) in [6, 6.07) is 5.41. The van der Waals surface area contributed by atoms with E-state index in [9.17, 15) is 14.7 Å². The van der Waals surface area contributed by atoms with Gasteiger partial charge in [-0.3, -0.25) is 4.79 Å². The molecule has 3 atom stereocenters. The number of nitrogens with zero attached hydrogens (tertiary/aromatic N) is 2. The third-order valence-electron chi connectivity index (χ3n) is 6.06. The average Bonchev–Trinajstić information content (AvgIpc) is 2.58. The number of rotatable bonds is 4. The van der Waals surface area contributed by atoms with Gasteiger partial charge in [-0.05, 0) is 49.7 Å². The van der Waals surface area contributed by atoms with E-state index in [0.29, 0.717) is 0 Å². The highest BCUT2D eigenvalue weighted by atomic mass is 16.4. The molecule has 1 aromatic rings. The number of aromatic hydroxyl groups is 1. The van der Waals surface area contributed by atoms with Gasteiger partial charge in [0.1, 0.15) is 5.75 Å². The summed E-state index contributed by atoms with van der Waals surface area (Å²) in [7, 11) is 3.86. The lowest BCUT2D eigenvalue weighted by Crippen LogP contribution is -2.68. The molecule has 0 saturated carbocycles. The molecule has 1 unspecified atom stereocenters. The number of piperidine rings is 1. The van der Waals surface area contributed by atoms with Gasteiger partial charge in [-0.25, -0.2) is 4.79 Å². The van der Waals surface area contributed by atoms with E-state index in [1.165, 1.54) is 5.56 Å². The molecule has 2 amide bonds. The maximum Gasteiger partial charge on any atom is 0.317 e. The Hall–Kier alpha value is -2.28. The molecule has 2 bridgehead atoms. The summed E-state index contributed by atoms with van der Waals surface area (Å²) in [5.41, 5.74) is 2.07. The van der Waals surface area contributed by atoms with E-state index in [0.717, 1.165) is 24.9 Å². The third-order valence-corrected chi connectivity index (χ3v) is 6.06. The van der Waals surface area contributed by atoms with Crippen LogP contribution in [0.15, 0.2) is 18.2 Å². The molecule has 0 spiro atoms. The predicted octanol–water partition coefficient (Wildman–Crippen LogP) is 1.39. The molecule has 3 N–H and O–H groups in total. The molecule has 1 heterocycles. The van der Waals surface area contributed by atoms with Crippen molar-refractivity contribution in [1.82, 2.24) is 15.1 Å². The number of hydrogen-bond donors (Lipinski definition) is 3. The van der Waals surface area contributed by atoms with Crippen LogP contribution in [0, 0.1) is 0 Å². The van der Waals surface area contributed by atoms with Gasteiger partial charge in [0.05, 0.1) is 12.5 Å². The molecule has 1 fully saturated rings. The van der Waals surface area contributed by atoms with Crippen LogP contribution in [0.2, 0.25) is 0 Å². The molecule has 2 aliphatic rings. The van der Waals surface area contributed by atoms with Crippen molar-refractivity contribution in [3.05, 3.63) is 29.3 Å². The van der Waals surface area contributed by atoms with Crippen LogP contribution in [0.3, 0.4) is 0 Å². The van der Waals surface area contributed by atoms with Gasteiger partial charge in [-0.1, -0.05) is 13.0 Å². The summed E-state index contributed by atoms with van der Waals surface area (Å²) >= 11 is 0. The number of phenols is 1. The Morgan fingerprint density at radius 1 is 1.42 bits per heavy atom. The molecule has 1 aliphatic carbocycles. The molecule has 1 aromatic carbocycles. The van der Waals surface area contributed by atoms with Gasteiger partial charge in [-0.2, -0.15) is 0 Å². The standard InChI is InChI=1S/C19H27N3O4/c1-19-7-9-21(2)15(10-12-4-5-13(23)11-14(12)19)17(19)22(3)18(26)20-8-6-16(24)25/h4-5,11,15,17,23H,6-10H2,1-3H3,(H,20,26)(H,24,25)/t15?,17-,19+/m0/s1. The zero-order valence-electron chi connectivity index (χ0n) is 15.5. The van der Waals surface area contributed by atoms with Gasteiger partial charge in [0.2, 0.25) is 0 Å². The largest absolute Gasteiger partial charge is 0.508 e. The molecule has 0 aromatic heterocycles. The summed E-state index contributed by atoms with van der Waals surface area (Å²) in [6.07, 6.45) is 1.61. The van der Waals surface area contributed by atoms with Crippen LogP contribution in [-0.2, 0) is 16.6 Å². The van der Waals surface area contributed by atoms with Gasteiger partial charge in [-0.15, -0.1) is 0 Å². The van der Waals surface area contributed by atoms with Crippen molar-refractivity contribution in [3.63, 3.8) is 0 Å². The van der Waals surface area contributed by atoms with Crippen molar-refractivity contribution in [2.75, 3.05) is 27.2 Å². The van der Waals surface area contributed by atoms with Crippen molar-refractivity contribution < 1.29 is 19.8 Å². The van der Waals surface area contributed by atoms with E-state index in [1.54, 1.807) is 18.0 Å². The molecule has 0 radical (unpaired) electrons. The summed E-state index contributed by atoms with van der Waals surface area (Å²) in [5, 5.41) is 21.5. The molecule has 7 heteroatoms. The van der Waals surface area contributed by atoms with Crippen LogP contribution >= 0.6 is 0 Å². The Bertz CT molecular complexity index is 723. The van der Waals surface area contributed by atoms with Crippen LogP contribution in [0.25, 0.3) is 0 Å². The fourth-order valence-electron chi connectivity index (χ4n) is 4.66. The maximum atomic E-state index is 12.6. The molecule has 7 nitrogen and oxygen atoms in total. The summed E-state index contributed by atoms with van der Waals surface area (Å²) in [6.45, 7) is 3.21. The van der Waals surface area contributed by atoms with E-state index in [-0.39, 0.29) is 42.2 Å². The van der Waals surface area contributed by atoms with Crippen LogP contribution in [-0.4, -0.2) is 71.3 Å². The Labute approximate surface area is 153 Å². The Balaban J connectivity index is 1.90. The Morgan fingerprint density at radius 3 is 2.85 bits per heavy atom. The normalized spacial score (nSPS) is 27.5. The minimum absolute atomic E-state index is 0.0552. The smallest absolute Gasteiger partial charge is 0.317 e. The molecule has 26 heavy (non-hydrogen) atoms. The highest BCUT2D eigenvalue weighted by Crippen LogP contribution is 2.47. The predicted molar refractivity (Wildman–Crippen MR) is 97.4 cm³/mol. The van der Waals surface area contributed by atoms with E-state index in [4.69, 9.17) is 5.11 Å². The van der Waals surface area contributed by atoms with E-state index in [2.05, 4.69) is 24.2 Å². The van der Waals surface area contributed by atoms with Gasteiger partial charge in [0, 0.05) is 25.0 Å². The number of aliphatic carboxylic acids is 1. The summed E-state index contributed by atoms with van der Waals surface area (Å²) < 4.78 is 0. The second-order valence-electron chi connectivity index (χ2n) is 7.69. The number of fused-ring (bicyclic) bond motifs is 4. The zero-order valence-corrected chi connectivity index (χ0v) is 15.5. The number of carboxylic acids is 1. The van der Waals surface area contributed by atoms with Crippen molar-refractivity contribution in [2.24, 2.45) is 0 Å². The van der Waals surface area contributed by atoms with Crippen LogP contribution in [0.1, 0.15) is 30.9 Å². The lowest BCUT2D eigenvalue weighted by atomic mass is 9.61. The van der Waals surface area contributed by atoms with Crippen molar-refractivity contribution in [2.45, 2.75) is 43.7 Å². The summed E-state index contributed by atoms with van der Waals surface area (Å²) in [5.74, 6) is -0.687. The first kappa shape index (κ1) is 18.5. The van der Waals surface area contributed by atoms with E-state index < -0.39 is 5.97 Å². The number of nitrogens with one attached hydrogen (secondary N) is 1. The quantitative estimate of drug-likeness (QED) is 0.754. The number of carbonyl (C=O) groups is 2. The first-order valence-electron chi connectivity index (χ1n) is 8.99. The number of carbonyl (C=O) groups excluding carboxylic acids is 1. The first-order chi connectivity index (χ1) is 12.2. The lowest BCUT2D eigenvalue weighted by Gasteiger charge is -2.57. The fourth-order valence-corrected chi connectivity index (χ4v) is 4.66. The maximum absolute atomic E-state index is 12.6. The van der Waals surface area contributed by atoms with Crippen molar-refractivity contribution >= 4 is 12.0 Å². The highest BCUT2D eigenvalue weighted by Gasteiger charge is 2.52. The molecular weight excluding hydrogens is 334 g/mol. The van der Waals surface area contributed by atoms with Gasteiger partial charge in [0.15, 0.2) is 0 Å². The number of likely N-dealkylation sites (tertiary alicyclic amines) is 1. The number of carboxylic acid groups (broad SMARTS) is 1. The average molecular weight is 361 g/mol. The summed E-state index contributed by atoms with van der Waals surface area (Å²) in [4.78, 5) is 27.3. The van der Waals surface area contributed by atoms with Crippen molar-refractivity contribution in [1.29, 1.82) is 0 Å². The number of hydrogen-bond acceptors (Lipinski definition) is 4. The van der Waals surface area contributed by atoms with Crippen LogP contribution < -0.4 is 5.32 Å².